The number of benzene rings is 2. The molecular formula is C19H23F3NO2PS. The SMILES string of the molecule is CC(C)(C)C(CP(c1ccccc1)c1ccccc1)NS(=O)(=O)C(F)(F)F. The highest BCUT2D eigenvalue weighted by atomic mass is 32.2. The molecule has 0 saturated heterocycles. The summed E-state index contributed by atoms with van der Waals surface area (Å²) in [5.41, 5.74) is -6.03. The maximum Gasteiger partial charge on any atom is 0.511 e. The van der Waals surface area contributed by atoms with Crippen molar-refractivity contribution in [1.82, 2.24) is 4.72 Å². The van der Waals surface area contributed by atoms with E-state index in [2.05, 4.69) is 0 Å². The zero-order chi connectivity index (χ0) is 20.3. The fourth-order valence-corrected chi connectivity index (χ4v) is 6.36. The van der Waals surface area contributed by atoms with Crippen LogP contribution in [0.2, 0.25) is 0 Å². The topological polar surface area (TPSA) is 46.2 Å². The van der Waals surface area contributed by atoms with Gasteiger partial charge in [-0.15, -0.1) is 0 Å². The predicted octanol–water partition coefficient (Wildman–Crippen LogP) is 3.97. The molecule has 0 amide bonds. The summed E-state index contributed by atoms with van der Waals surface area (Å²) in [6.45, 7) is 5.21. The highest BCUT2D eigenvalue weighted by Crippen LogP contribution is 2.38. The normalized spacial score (nSPS) is 14.3. The summed E-state index contributed by atoms with van der Waals surface area (Å²) in [6.07, 6.45) is 0.266. The lowest BCUT2D eigenvalue weighted by molar-refractivity contribution is -0.0453. The molecule has 0 radical (unpaired) electrons. The number of halogens is 3. The van der Waals surface area contributed by atoms with Gasteiger partial charge in [-0.2, -0.15) is 13.2 Å². The number of hydrogen-bond acceptors (Lipinski definition) is 2. The van der Waals surface area contributed by atoms with Crippen LogP contribution in [-0.2, 0) is 10.0 Å². The molecule has 148 valence electrons. The first-order chi connectivity index (χ1) is 12.4. The van der Waals surface area contributed by atoms with Crippen molar-refractivity contribution in [2.45, 2.75) is 32.3 Å². The van der Waals surface area contributed by atoms with Gasteiger partial charge in [-0.05, 0) is 30.1 Å². The van der Waals surface area contributed by atoms with E-state index in [4.69, 9.17) is 0 Å². The number of nitrogens with one attached hydrogen (secondary N) is 1. The van der Waals surface area contributed by atoms with Crippen LogP contribution in [0.5, 0.6) is 0 Å². The maximum absolute atomic E-state index is 12.9. The van der Waals surface area contributed by atoms with E-state index in [0.717, 1.165) is 10.6 Å². The van der Waals surface area contributed by atoms with Gasteiger partial charge in [-0.3, -0.25) is 0 Å². The highest BCUT2D eigenvalue weighted by Gasteiger charge is 2.48. The molecule has 1 unspecified atom stereocenters. The van der Waals surface area contributed by atoms with Crippen LogP contribution in [0.25, 0.3) is 0 Å². The molecule has 0 aliphatic heterocycles. The standard InChI is InChI=1S/C19H23F3NO2PS/c1-18(2,3)17(23-27(24,25)19(20,21)22)14-26(15-10-6-4-7-11-15)16-12-8-5-9-13-16/h4-13,17,23H,14H2,1-3H3. The first-order valence-corrected chi connectivity index (χ1v) is 11.4. The highest BCUT2D eigenvalue weighted by molar-refractivity contribution is 7.90. The Morgan fingerprint density at radius 2 is 1.30 bits per heavy atom. The van der Waals surface area contributed by atoms with Crippen LogP contribution in [0.15, 0.2) is 60.7 Å². The lowest BCUT2D eigenvalue weighted by Gasteiger charge is -2.34. The number of sulfonamides is 1. The second kappa shape index (κ2) is 8.29. The Bertz CT molecular complexity index is 795. The van der Waals surface area contributed by atoms with Crippen LogP contribution in [0.4, 0.5) is 13.2 Å². The molecule has 0 saturated carbocycles. The molecule has 0 spiro atoms. The van der Waals surface area contributed by atoms with Crippen molar-refractivity contribution < 1.29 is 21.6 Å². The summed E-state index contributed by atoms with van der Waals surface area (Å²) >= 11 is 0. The van der Waals surface area contributed by atoms with Gasteiger partial charge in [-0.1, -0.05) is 81.4 Å². The van der Waals surface area contributed by atoms with Crippen molar-refractivity contribution in [2.24, 2.45) is 5.41 Å². The number of alkyl halides is 3. The van der Waals surface area contributed by atoms with Crippen LogP contribution in [-0.4, -0.2) is 26.1 Å². The Morgan fingerprint density at radius 3 is 1.63 bits per heavy atom. The Labute approximate surface area is 159 Å². The smallest absolute Gasteiger partial charge is 0.203 e. The van der Waals surface area contributed by atoms with E-state index >= 15 is 0 Å². The lowest BCUT2D eigenvalue weighted by atomic mass is 9.89. The fourth-order valence-electron chi connectivity index (χ4n) is 2.50. The second-order valence-corrected chi connectivity index (χ2v) is 11.2. The van der Waals surface area contributed by atoms with E-state index in [1.807, 2.05) is 65.4 Å². The molecule has 0 aliphatic carbocycles. The Hall–Kier alpha value is -1.43. The zero-order valence-electron chi connectivity index (χ0n) is 15.4. The largest absolute Gasteiger partial charge is 0.511 e. The number of hydrogen-bond donors (Lipinski definition) is 1. The minimum Gasteiger partial charge on any atom is -0.203 e. The molecule has 2 aromatic rings. The van der Waals surface area contributed by atoms with Crippen LogP contribution in [0.1, 0.15) is 20.8 Å². The quantitative estimate of drug-likeness (QED) is 0.723. The van der Waals surface area contributed by atoms with Gasteiger partial charge in [0.1, 0.15) is 0 Å². The van der Waals surface area contributed by atoms with Gasteiger partial charge in [0, 0.05) is 6.04 Å². The van der Waals surface area contributed by atoms with Crippen LogP contribution >= 0.6 is 7.92 Å². The summed E-state index contributed by atoms with van der Waals surface area (Å²) in [7, 11) is -6.47. The summed E-state index contributed by atoms with van der Waals surface area (Å²) in [4.78, 5) is 0. The predicted molar refractivity (Wildman–Crippen MR) is 105 cm³/mol. The zero-order valence-corrected chi connectivity index (χ0v) is 17.1. The molecule has 1 N–H and O–H groups in total. The Kier molecular flexibility index (Phi) is 6.72. The van der Waals surface area contributed by atoms with Gasteiger partial charge in [0.15, 0.2) is 0 Å². The van der Waals surface area contributed by atoms with Crippen LogP contribution < -0.4 is 15.3 Å². The molecule has 0 heterocycles. The summed E-state index contributed by atoms with van der Waals surface area (Å²) in [6, 6.07) is 18.1. The molecule has 0 aromatic heterocycles. The molecule has 0 fully saturated rings. The van der Waals surface area contributed by atoms with Gasteiger partial charge in [-0.25, -0.2) is 13.1 Å². The lowest BCUT2D eigenvalue weighted by Crippen LogP contribution is -2.50. The van der Waals surface area contributed by atoms with E-state index in [-0.39, 0.29) is 6.16 Å². The third kappa shape index (κ3) is 5.77. The van der Waals surface area contributed by atoms with Gasteiger partial charge in [0.2, 0.25) is 0 Å². The van der Waals surface area contributed by atoms with E-state index in [9.17, 15) is 21.6 Å². The first-order valence-electron chi connectivity index (χ1n) is 8.38. The minimum atomic E-state index is -5.43. The maximum atomic E-state index is 12.9. The minimum absolute atomic E-state index is 0.266. The average molecular weight is 417 g/mol. The van der Waals surface area contributed by atoms with Gasteiger partial charge in [0.05, 0.1) is 0 Å². The molecule has 27 heavy (non-hydrogen) atoms. The van der Waals surface area contributed by atoms with E-state index in [1.165, 1.54) is 0 Å². The van der Waals surface area contributed by atoms with Crippen molar-refractivity contribution in [3.8, 4) is 0 Å². The summed E-state index contributed by atoms with van der Waals surface area (Å²) < 4.78 is 64.1. The van der Waals surface area contributed by atoms with E-state index in [1.54, 1.807) is 20.8 Å². The number of rotatable bonds is 6. The molecule has 2 aromatic carbocycles. The summed E-state index contributed by atoms with van der Waals surface area (Å²) in [5, 5.41) is 1.97. The van der Waals surface area contributed by atoms with Gasteiger partial charge < -0.3 is 0 Å². The Morgan fingerprint density at radius 1 is 0.889 bits per heavy atom. The molecule has 8 heteroatoms. The van der Waals surface area contributed by atoms with Crippen molar-refractivity contribution in [2.75, 3.05) is 6.16 Å². The third-order valence-corrected chi connectivity index (χ3v) is 7.93. The Balaban J connectivity index is 2.42. The van der Waals surface area contributed by atoms with Gasteiger partial charge >= 0.3 is 15.5 Å². The molecule has 3 nitrogen and oxygen atoms in total. The second-order valence-electron chi connectivity index (χ2n) is 7.27. The van der Waals surface area contributed by atoms with E-state index < -0.39 is 34.9 Å². The molecule has 2 rings (SSSR count). The van der Waals surface area contributed by atoms with E-state index in [0.29, 0.717) is 0 Å². The average Bonchev–Trinajstić information content (AvgIpc) is 2.58. The van der Waals surface area contributed by atoms with Crippen molar-refractivity contribution in [3.05, 3.63) is 60.7 Å². The molecule has 1 atom stereocenters. The third-order valence-electron chi connectivity index (χ3n) is 4.15. The monoisotopic (exact) mass is 417 g/mol. The van der Waals surface area contributed by atoms with Crippen molar-refractivity contribution in [3.63, 3.8) is 0 Å². The van der Waals surface area contributed by atoms with Crippen LogP contribution in [0, 0.1) is 5.41 Å². The van der Waals surface area contributed by atoms with Gasteiger partial charge in [0.25, 0.3) is 0 Å². The first kappa shape index (κ1) is 21.9. The van der Waals surface area contributed by atoms with Crippen LogP contribution in [0.3, 0.4) is 0 Å². The van der Waals surface area contributed by atoms with Crippen molar-refractivity contribution in [1.29, 1.82) is 0 Å². The fraction of sp³-hybridized carbons (Fsp3) is 0.368. The molecule has 0 bridgehead atoms. The van der Waals surface area contributed by atoms with Crippen molar-refractivity contribution >= 4 is 28.6 Å². The molecule has 0 aliphatic rings. The molecular weight excluding hydrogens is 394 g/mol. The summed E-state index contributed by atoms with van der Waals surface area (Å²) in [5.74, 6) is 0.